The molecule has 3 nitrogen and oxygen atoms in total. The Morgan fingerprint density at radius 2 is 2.19 bits per heavy atom. The third-order valence-corrected chi connectivity index (χ3v) is 3.36. The summed E-state index contributed by atoms with van der Waals surface area (Å²) in [4.78, 5) is 11.9. The number of halogens is 1. The molecule has 3 rings (SSSR count). The van der Waals surface area contributed by atoms with E-state index in [1.54, 1.807) is 6.21 Å². The predicted molar refractivity (Wildman–Crippen MR) is 73.8 cm³/mol. The third kappa shape index (κ3) is 1.49. The maximum absolute atomic E-state index is 4.40. The van der Waals surface area contributed by atoms with Gasteiger partial charge in [-0.25, -0.2) is 0 Å². The van der Waals surface area contributed by atoms with E-state index in [0.717, 1.165) is 22.7 Å². The molecule has 4 heteroatoms. The fourth-order valence-corrected chi connectivity index (χ4v) is 2.32. The van der Waals surface area contributed by atoms with Gasteiger partial charge in [0.05, 0.1) is 17.1 Å². The molecule has 0 saturated heterocycles. The number of aromatic amines is 1. The van der Waals surface area contributed by atoms with Gasteiger partial charge in [0.2, 0.25) is 0 Å². The van der Waals surface area contributed by atoms with Crippen molar-refractivity contribution in [1.82, 2.24) is 4.98 Å². The largest absolute Gasteiger partial charge is 0.359 e. The quantitative estimate of drug-likeness (QED) is 0.773. The molecule has 0 atom stereocenters. The SMILES string of the molecule is Ic1cc[nH]c1C1=NC=CC1=C1C=CC=N1. The van der Waals surface area contributed by atoms with E-state index in [-0.39, 0.29) is 0 Å². The van der Waals surface area contributed by atoms with Gasteiger partial charge < -0.3 is 4.98 Å². The number of H-pyrrole nitrogens is 1. The molecule has 78 valence electrons. The van der Waals surface area contributed by atoms with Crippen LogP contribution in [0.1, 0.15) is 5.69 Å². The van der Waals surface area contributed by atoms with Crippen molar-refractivity contribution in [3.05, 3.63) is 57.2 Å². The molecular formula is C12H8IN3. The van der Waals surface area contributed by atoms with Crippen LogP contribution in [0, 0.1) is 3.57 Å². The van der Waals surface area contributed by atoms with E-state index in [0.29, 0.717) is 0 Å². The van der Waals surface area contributed by atoms with Crippen LogP contribution in [0.3, 0.4) is 0 Å². The molecule has 1 aromatic rings. The monoisotopic (exact) mass is 321 g/mol. The molecule has 0 aliphatic carbocycles. The number of aliphatic imine (C=N–C) groups is 2. The number of aromatic nitrogens is 1. The van der Waals surface area contributed by atoms with Gasteiger partial charge in [0.25, 0.3) is 0 Å². The van der Waals surface area contributed by atoms with Gasteiger partial charge in [-0.05, 0) is 46.9 Å². The predicted octanol–water partition coefficient (Wildman–Crippen LogP) is 2.83. The average Bonchev–Trinajstić information content (AvgIpc) is 2.95. The van der Waals surface area contributed by atoms with Gasteiger partial charge >= 0.3 is 0 Å². The van der Waals surface area contributed by atoms with E-state index in [9.17, 15) is 0 Å². The van der Waals surface area contributed by atoms with Crippen molar-refractivity contribution in [2.75, 3.05) is 0 Å². The summed E-state index contributed by atoms with van der Waals surface area (Å²) in [7, 11) is 0. The standard InChI is InChI=1S/C12H8IN3/c13-9-4-7-16-12(9)11-8(3-6-15-11)10-2-1-5-14-10/h1-7,16H. The first-order valence-corrected chi connectivity index (χ1v) is 5.97. The fraction of sp³-hybridized carbons (Fsp3) is 0. The molecule has 3 heterocycles. The van der Waals surface area contributed by atoms with Gasteiger partial charge in [0.1, 0.15) is 0 Å². The van der Waals surface area contributed by atoms with Crippen molar-refractivity contribution in [2.24, 2.45) is 9.98 Å². The van der Waals surface area contributed by atoms with E-state index in [2.05, 4.69) is 37.6 Å². The van der Waals surface area contributed by atoms with E-state index in [4.69, 9.17) is 0 Å². The Balaban J connectivity index is 2.11. The molecule has 0 radical (unpaired) electrons. The maximum atomic E-state index is 4.40. The van der Waals surface area contributed by atoms with Crippen molar-refractivity contribution < 1.29 is 0 Å². The van der Waals surface area contributed by atoms with Crippen LogP contribution in [0.15, 0.2) is 57.9 Å². The molecule has 0 aromatic carbocycles. The van der Waals surface area contributed by atoms with Crippen molar-refractivity contribution in [2.45, 2.75) is 0 Å². The molecule has 0 saturated carbocycles. The number of rotatable bonds is 1. The summed E-state index contributed by atoms with van der Waals surface area (Å²) in [5.41, 5.74) is 4.07. The van der Waals surface area contributed by atoms with Crippen molar-refractivity contribution in [3.8, 4) is 0 Å². The van der Waals surface area contributed by atoms with Crippen LogP contribution in [0.5, 0.6) is 0 Å². The normalized spacial score (nSPS) is 22.2. The van der Waals surface area contributed by atoms with E-state index < -0.39 is 0 Å². The van der Waals surface area contributed by atoms with Gasteiger partial charge in [-0.2, -0.15) is 0 Å². The van der Waals surface area contributed by atoms with Crippen molar-refractivity contribution in [1.29, 1.82) is 0 Å². The van der Waals surface area contributed by atoms with E-state index in [1.807, 2.05) is 36.7 Å². The molecule has 0 bridgehead atoms. The minimum Gasteiger partial charge on any atom is -0.359 e. The molecule has 1 N–H and O–H groups in total. The highest BCUT2D eigenvalue weighted by molar-refractivity contribution is 14.1. The summed E-state index contributed by atoms with van der Waals surface area (Å²) in [5.74, 6) is 0. The van der Waals surface area contributed by atoms with Crippen LogP contribution in [-0.4, -0.2) is 16.9 Å². The van der Waals surface area contributed by atoms with Crippen LogP contribution in [0.4, 0.5) is 0 Å². The fourth-order valence-electron chi connectivity index (χ4n) is 1.73. The maximum Gasteiger partial charge on any atom is 0.0969 e. The first-order chi connectivity index (χ1) is 7.86. The second-order valence-electron chi connectivity index (χ2n) is 3.43. The highest BCUT2D eigenvalue weighted by atomic mass is 127. The Labute approximate surface area is 107 Å². The molecule has 0 fully saturated rings. The Hall–Kier alpha value is -1.43. The van der Waals surface area contributed by atoms with Crippen LogP contribution in [0.2, 0.25) is 0 Å². The average molecular weight is 321 g/mol. The van der Waals surface area contributed by atoms with Crippen molar-refractivity contribution in [3.63, 3.8) is 0 Å². The van der Waals surface area contributed by atoms with E-state index >= 15 is 0 Å². The molecule has 0 unspecified atom stereocenters. The zero-order valence-electron chi connectivity index (χ0n) is 8.31. The molecular weight excluding hydrogens is 313 g/mol. The molecule has 0 spiro atoms. The van der Waals surface area contributed by atoms with Crippen LogP contribution in [-0.2, 0) is 0 Å². The molecule has 0 amide bonds. The number of nitrogens with zero attached hydrogens (tertiary/aromatic N) is 2. The topological polar surface area (TPSA) is 40.5 Å². The van der Waals surface area contributed by atoms with Gasteiger partial charge in [0.15, 0.2) is 0 Å². The van der Waals surface area contributed by atoms with Gasteiger partial charge in [-0.1, -0.05) is 0 Å². The van der Waals surface area contributed by atoms with Crippen LogP contribution < -0.4 is 0 Å². The zero-order chi connectivity index (χ0) is 11.0. The highest BCUT2D eigenvalue weighted by Gasteiger charge is 2.18. The summed E-state index contributed by atoms with van der Waals surface area (Å²) < 4.78 is 1.17. The number of allylic oxidation sites excluding steroid dienone is 4. The number of hydrogen-bond acceptors (Lipinski definition) is 2. The molecule has 16 heavy (non-hydrogen) atoms. The van der Waals surface area contributed by atoms with Crippen LogP contribution >= 0.6 is 22.6 Å². The first kappa shape index (κ1) is 9.77. The number of hydrogen-bond donors (Lipinski definition) is 1. The third-order valence-electron chi connectivity index (χ3n) is 2.46. The van der Waals surface area contributed by atoms with Gasteiger partial charge in [0, 0.05) is 27.8 Å². The Morgan fingerprint density at radius 3 is 2.88 bits per heavy atom. The second-order valence-corrected chi connectivity index (χ2v) is 4.59. The van der Waals surface area contributed by atoms with Crippen LogP contribution in [0.25, 0.3) is 0 Å². The summed E-state index contributed by atoms with van der Waals surface area (Å²) >= 11 is 2.30. The minimum absolute atomic E-state index is 0.966. The summed E-state index contributed by atoms with van der Waals surface area (Å²) in [6, 6.07) is 2.03. The summed E-state index contributed by atoms with van der Waals surface area (Å²) in [6.45, 7) is 0. The Morgan fingerprint density at radius 1 is 1.25 bits per heavy atom. The second kappa shape index (κ2) is 3.86. The van der Waals surface area contributed by atoms with Gasteiger partial charge in [-0.15, -0.1) is 0 Å². The Kier molecular flexibility index (Phi) is 2.36. The lowest BCUT2D eigenvalue weighted by atomic mass is 10.1. The smallest absolute Gasteiger partial charge is 0.0969 e. The lowest BCUT2D eigenvalue weighted by Crippen LogP contribution is -2.04. The molecule has 1 aromatic heterocycles. The Bertz CT molecular complexity index is 571. The molecule has 2 aliphatic rings. The summed E-state index contributed by atoms with van der Waals surface area (Å²) in [5, 5.41) is 0. The lowest BCUT2D eigenvalue weighted by Gasteiger charge is -2.03. The minimum atomic E-state index is 0.966. The van der Waals surface area contributed by atoms with Crippen molar-refractivity contribution >= 4 is 34.5 Å². The molecule has 2 aliphatic heterocycles. The highest BCUT2D eigenvalue weighted by Crippen LogP contribution is 2.24. The summed E-state index contributed by atoms with van der Waals surface area (Å²) in [6.07, 6.45) is 11.5. The van der Waals surface area contributed by atoms with E-state index in [1.165, 1.54) is 3.57 Å². The van der Waals surface area contributed by atoms with Gasteiger partial charge in [-0.3, -0.25) is 9.98 Å². The lowest BCUT2D eigenvalue weighted by molar-refractivity contribution is 1.34. The number of nitrogens with one attached hydrogen (secondary N) is 1. The zero-order valence-corrected chi connectivity index (χ0v) is 10.5. The first-order valence-electron chi connectivity index (χ1n) is 4.89.